The van der Waals surface area contributed by atoms with Gasteiger partial charge in [0.2, 0.25) is 6.29 Å². The molecule has 2 rings (SSSR count). The highest BCUT2D eigenvalue weighted by atomic mass is 16.7. The molecule has 1 aromatic carbocycles. The van der Waals surface area contributed by atoms with Crippen LogP contribution in [0.3, 0.4) is 0 Å². The molecule has 1 heterocycles. The minimum Gasteiger partial charge on any atom is -0.504 e. The van der Waals surface area contributed by atoms with E-state index in [9.17, 15) is 35.4 Å². The standard InChI is InChI=1S/C13H16O10/c14-3-7-9(18)10(19)11(20)13(22-7)23-12(21)4-1-5(15)8(17)6(16)2-4/h1-2,7,9-11,13-20H,3H2/t7?,9-,10?,11+,13+/m1/s1. The summed E-state index contributed by atoms with van der Waals surface area (Å²) in [5.74, 6) is -3.52. The van der Waals surface area contributed by atoms with Crippen LogP contribution in [0.1, 0.15) is 10.4 Å². The largest absolute Gasteiger partial charge is 0.504 e. The van der Waals surface area contributed by atoms with Crippen molar-refractivity contribution in [3.8, 4) is 17.2 Å². The van der Waals surface area contributed by atoms with Crippen molar-refractivity contribution < 1.29 is 50.0 Å². The predicted molar refractivity (Wildman–Crippen MR) is 70.6 cm³/mol. The van der Waals surface area contributed by atoms with Crippen LogP contribution in [-0.2, 0) is 9.47 Å². The number of carbonyl (C=O) groups excluding carboxylic acids is 1. The van der Waals surface area contributed by atoms with Gasteiger partial charge >= 0.3 is 5.97 Å². The molecule has 1 saturated heterocycles. The molecule has 7 N–H and O–H groups in total. The van der Waals surface area contributed by atoms with E-state index >= 15 is 0 Å². The summed E-state index contributed by atoms with van der Waals surface area (Å²) in [7, 11) is 0. The number of hydrogen-bond donors (Lipinski definition) is 7. The van der Waals surface area contributed by atoms with Gasteiger partial charge in [-0.05, 0) is 12.1 Å². The molecular weight excluding hydrogens is 316 g/mol. The number of aliphatic hydroxyl groups excluding tert-OH is 4. The number of ether oxygens (including phenoxy) is 2. The van der Waals surface area contributed by atoms with E-state index in [1.807, 2.05) is 0 Å². The molecular formula is C13H16O10. The summed E-state index contributed by atoms with van der Waals surface area (Å²) in [6, 6.07) is 1.61. The Labute approximate surface area is 129 Å². The molecule has 23 heavy (non-hydrogen) atoms. The highest BCUT2D eigenvalue weighted by Gasteiger charge is 2.45. The summed E-state index contributed by atoms with van der Waals surface area (Å²) < 4.78 is 9.77. The first kappa shape index (κ1) is 17.2. The van der Waals surface area contributed by atoms with E-state index in [2.05, 4.69) is 0 Å². The van der Waals surface area contributed by atoms with Crippen molar-refractivity contribution in [3.63, 3.8) is 0 Å². The van der Waals surface area contributed by atoms with Gasteiger partial charge in [-0.25, -0.2) is 4.79 Å². The zero-order valence-corrected chi connectivity index (χ0v) is 11.6. The van der Waals surface area contributed by atoms with Gasteiger partial charge in [0.1, 0.15) is 24.4 Å². The first-order valence-corrected chi connectivity index (χ1v) is 6.52. The summed E-state index contributed by atoms with van der Waals surface area (Å²) in [4.78, 5) is 11.9. The second-order valence-corrected chi connectivity index (χ2v) is 4.97. The van der Waals surface area contributed by atoms with Gasteiger partial charge in [-0.3, -0.25) is 0 Å². The molecule has 0 radical (unpaired) electrons. The van der Waals surface area contributed by atoms with Crippen LogP contribution < -0.4 is 0 Å². The predicted octanol–water partition coefficient (Wildman–Crippen LogP) is -2.24. The highest BCUT2D eigenvalue weighted by molar-refractivity contribution is 5.91. The Morgan fingerprint density at radius 3 is 2.13 bits per heavy atom. The molecule has 1 fully saturated rings. The van der Waals surface area contributed by atoms with Gasteiger partial charge in [0.25, 0.3) is 0 Å². The van der Waals surface area contributed by atoms with Crippen LogP contribution in [-0.4, -0.2) is 79.0 Å². The zero-order chi connectivity index (χ0) is 17.3. The molecule has 1 aliphatic heterocycles. The van der Waals surface area contributed by atoms with Gasteiger partial charge in [-0.15, -0.1) is 0 Å². The van der Waals surface area contributed by atoms with Crippen LogP contribution >= 0.6 is 0 Å². The van der Waals surface area contributed by atoms with E-state index in [4.69, 9.17) is 14.6 Å². The van der Waals surface area contributed by atoms with Crippen LogP contribution in [0.25, 0.3) is 0 Å². The van der Waals surface area contributed by atoms with Gasteiger partial charge in [0.05, 0.1) is 12.2 Å². The van der Waals surface area contributed by atoms with E-state index in [1.54, 1.807) is 0 Å². The van der Waals surface area contributed by atoms with Gasteiger partial charge < -0.3 is 45.2 Å². The topological polar surface area (TPSA) is 177 Å². The van der Waals surface area contributed by atoms with E-state index in [1.165, 1.54) is 0 Å². The molecule has 0 saturated carbocycles. The average molecular weight is 332 g/mol. The molecule has 5 atom stereocenters. The first-order valence-electron chi connectivity index (χ1n) is 6.52. The summed E-state index contributed by atoms with van der Waals surface area (Å²) in [6.07, 6.45) is -8.06. The van der Waals surface area contributed by atoms with Crippen LogP contribution in [0, 0.1) is 0 Å². The Hall–Kier alpha value is -2.11. The minimum absolute atomic E-state index is 0.366. The molecule has 1 aromatic rings. The number of phenols is 3. The number of hydrogen-bond acceptors (Lipinski definition) is 10. The Morgan fingerprint density at radius 1 is 1.04 bits per heavy atom. The lowest BCUT2D eigenvalue weighted by Crippen LogP contribution is -2.59. The van der Waals surface area contributed by atoms with Gasteiger partial charge in [0.15, 0.2) is 17.2 Å². The Bertz CT molecular complexity index is 563. The van der Waals surface area contributed by atoms with Gasteiger partial charge in [-0.1, -0.05) is 0 Å². The number of rotatable bonds is 3. The number of phenolic OH excluding ortho intramolecular Hbond substituents is 3. The number of aromatic hydroxyl groups is 3. The number of benzene rings is 1. The van der Waals surface area contributed by atoms with Crippen LogP contribution in [0.15, 0.2) is 12.1 Å². The minimum atomic E-state index is -1.78. The Kier molecular flexibility index (Phi) is 4.92. The third-order valence-electron chi connectivity index (χ3n) is 3.38. The molecule has 10 heteroatoms. The van der Waals surface area contributed by atoms with Crippen LogP contribution in [0.5, 0.6) is 17.2 Å². The molecule has 128 valence electrons. The Balaban J connectivity index is 2.16. The zero-order valence-electron chi connectivity index (χ0n) is 11.6. The molecule has 0 amide bonds. The van der Waals surface area contributed by atoms with Crippen molar-refractivity contribution in [1.82, 2.24) is 0 Å². The maximum Gasteiger partial charge on any atom is 0.340 e. The molecule has 1 aliphatic rings. The van der Waals surface area contributed by atoms with E-state index in [0.717, 1.165) is 12.1 Å². The molecule has 0 aliphatic carbocycles. The summed E-state index contributed by atoms with van der Waals surface area (Å²) in [5, 5.41) is 65.8. The SMILES string of the molecule is O=C(O[C@@H]1OC(CO)[C@@H](O)C(O)[C@@H]1O)c1cc(O)c(O)c(O)c1. The lowest BCUT2D eigenvalue weighted by molar-refractivity contribution is -0.285. The average Bonchev–Trinajstić information content (AvgIpc) is 2.52. The fourth-order valence-electron chi connectivity index (χ4n) is 2.06. The normalized spacial score (nSPS) is 30.9. The highest BCUT2D eigenvalue weighted by Crippen LogP contribution is 2.35. The second kappa shape index (κ2) is 6.56. The molecule has 0 aromatic heterocycles. The second-order valence-electron chi connectivity index (χ2n) is 4.97. The Morgan fingerprint density at radius 2 is 1.61 bits per heavy atom. The molecule has 10 nitrogen and oxygen atoms in total. The van der Waals surface area contributed by atoms with Crippen molar-refractivity contribution in [1.29, 1.82) is 0 Å². The van der Waals surface area contributed by atoms with Crippen LogP contribution in [0.4, 0.5) is 0 Å². The van der Waals surface area contributed by atoms with Crippen molar-refractivity contribution >= 4 is 5.97 Å². The lowest BCUT2D eigenvalue weighted by Gasteiger charge is -2.39. The fraction of sp³-hybridized carbons (Fsp3) is 0.462. The van der Waals surface area contributed by atoms with Crippen molar-refractivity contribution in [3.05, 3.63) is 17.7 Å². The first-order chi connectivity index (χ1) is 10.8. The van der Waals surface area contributed by atoms with Crippen molar-refractivity contribution in [2.45, 2.75) is 30.7 Å². The number of esters is 1. The quantitative estimate of drug-likeness (QED) is 0.236. The fourth-order valence-corrected chi connectivity index (χ4v) is 2.06. The van der Waals surface area contributed by atoms with Gasteiger partial charge in [-0.2, -0.15) is 0 Å². The van der Waals surface area contributed by atoms with E-state index in [0.29, 0.717) is 0 Å². The molecule has 2 unspecified atom stereocenters. The summed E-state index contributed by atoms with van der Waals surface area (Å²) in [5.41, 5.74) is -0.366. The van der Waals surface area contributed by atoms with E-state index in [-0.39, 0.29) is 5.56 Å². The summed E-state index contributed by atoms with van der Waals surface area (Å²) in [6.45, 7) is -0.695. The smallest absolute Gasteiger partial charge is 0.340 e. The monoisotopic (exact) mass is 332 g/mol. The van der Waals surface area contributed by atoms with Crippen molar-refractivity contribution in [2.75, 3.05) is 6.61 Å². The van der Waals surface area contributed by atoms with Gasteiger partial charge in [0, 0.05) is 0 Å². The van der Waals surface area contributed by atoms with Crippen LogP contribution in [0.2, 0.25) is 0 Å². The van der Waals surface area contributed by atoms with E-state index < -0.39 is 60.5 Å². The molecule has 0 spiro atoms. The third-order valence-corrected chi connectivity index (χ3v) is 3.38. The number of carbonyl (C=O) groups is 1. The maximum atomic E-state index is 11.9. The third kappa shape index (κ3) is 3.30. The van der Waals surface area contributed by atoms with Crippen molar-refractivity contribution in [2.24, 2.45) is 0 Å². The maximum absolute atomic E-state index is 11.9. The molecule has 0 bridgehead atoms. The lowest BCUT2D eigenvalue weighted by atomic mass is 9.99. The number of aliphatic hydroxyl groups is 4. The summed E-state index contributed by atoms with van der Waals surface area (Å²) >= 11 is 0.